The maximum atomic E-state index is 12.6. The number of pyridine rings is 1. The zero-order valence-electron chi connectivity index (χ0n) is 13.6. The van der Waals surface area contributed by atoms with Crippen molar-refractivity contribution in [1.82, 2.24) is 4.98 Å². The molecule has 22 heavy (non-hydrogen) atoms. The Morgan fingerprint density at radius 2 is 2.09 bits per heavy atom. The first-order valence-corrected chi connectivity index (χ1v) is 8.63. The molecule has 2 heterocycles. The molecule has 3 rings (SSSR count). The van der Waals surface area contributed by atoms with Crippen molar-refractivity contribution in [2.75, 3.05) is 5.32 Å². The van der Waals surface area contributed by atoms with Crippen LogP contribution in [0.4, 0.5) is 5.69 Å². The van der Waals surface area contributed by atoms with Crippen LogP contribution in [0.5, 0.6) is 0 Å². The Balaban J connectivity index is 1.84. The molecule has 0 fully saturated rings. The second kappa shape index (κ2) is 5.84. The first kappa shape index (κ1) is 15.2. The molecule has 1 N–H and O–H groups in total. The number of aryl methyl sites for hydroxylation is 4. The van der Waals surface area contributed by atoms with E-state index in [2.05, 4.69) is 23.3 Å². The molecule has 1 unspecified atom stereocenters. The van der Waals surface area contributed by atoms with Crippen molar-refractivity contribution in [3.63, 3.8) is 0 Å². The van der Waals surface area contributed by atoms with Gasteiger partial charge >= 0.3 is 0 Å². The Hall–Kier alpha value is -1.68. The third-order valence-electron chi connectivity index (χ3n) is 4.32. The Morgan fingerprint density at radius 3 is 2.82 bits per heavy atom. The molecule has 0 aromatic carbocycles. The van der Waals surface area contributed by atoms with E-state index in [9.17, 15) is 4.79 Å². The number of aromatic nitrogens is 1. The number of thiophene rings is 1. The average Bonchev–Trinajstić information content (AvgIpc) is 2.85. The SMILES string of the molecule is Cc1cc(C)c(NC(=O)c2cc3c(s2)CCC(C)C3)c(C)n1. The van der Waals surface area contributed by atoms with Gasteiger partial charge in [-0.15, -0.1) is 11.3 Å². The minimum Gasteiger partial charge on any atom is -0.319 e. The smallest absolute Gasteiger partial charge is 0.265 e. The van der Waals surface area contributed by atoms with Gasteiger partial charge in [0.05, 0.1) is 16.3 Å². The van der Waals surface area contributed by atoms with Gasteiger partial charge in [0.1, 0.15) is 0 Å². The number of carbonyl (C=O) groups excluding carboxylic acids is 1. The van der Waals surface area contributed by atoms with Crippen LogP contribution >= 0.6 is 11.3 Å². The molecule has 0 saturated carbocycles. The van der Waals surface area contributed by atoms with Crippen molar-refractivity contribution in [3.8, 4) is 0 Å². The first-order chi connectivity index (χ1) is 10.4. The molecule has 0 aliphatic heterocycles. The maximum Gasteiger partial charge on any atom is 0.265 e. The van der Waals surface area contributed by atoms with E-state index < -0.39 is 0 Å². The Morgan fingerprint density at radius 1 is 1.32 bits per heavy atom. The highest BCUT2D eigenvalue weighted by molar-refractivity contribution is 7.14. The summed E-state index contributed by atoms with van der Waals surface area (Å²) in [6.07, 6.45) is 3.44. The second-order valence-corrected chi connectivity index (χ2v) is 7.54. The average molecular weight is 314 g/mol. The molecule has 4 heteroatoms. The molecule has 1 aliphatic rings. The van der Waals surface area contributed by atoms with Crippen molar-refractivity contribution in [3.05, 3.63) is 44.4 Å². The van der Waals surface area contributed by atoms with Crippen LogP contribution in [0.1, 0.15) is 50.4 Å². The van der Waals surface area contributed by atoms with Gasteiger partial charge in [-0.2, -0.15) is 0 Å². The van der Waals surface area contributed by atoms with E-state index >= 15 is 0 Å². The number of nitrogens with zero attached hydrogens (tertiary/aromatic N) is 1. The Bertz CT molecular complexity index is 710. The highest BCUT2D eigenvalue weighted by atomic mass is 32.1. The summed E-state index contributed by atoms with van der Waals surface area (Å²) >= 11 is 1.65. The lowest BCUT2D eigenvalue weighted by molar-refractivity contribution is 0.103. The van der Waals surface area contributed by atoms with Crippen LogP contribution in [-0.4, -0.2) is 10.9 Å². The number of hydrogen-bond donors (Lipinski definition) is 1. The van der Waals surface area contributed by atoms with E-state index in [4.69, 9.17) is 0 Å². The first-order valence-electron chi connectivity index (χ1n) is 7.82. The quantitative estimate of drug-likeness (QED) is 0.890. The Kier molecular flexibility index (Phi) is 4.04. The summed E-state index contributed by atoms with van der Waals surface area (Å²) in [5.74, 6) is 0.715. The number of fused-ring (bicyclic) bond motifs is 1. The van der Waals surface area contributed by atoms with E-state index in [-0.39, 0.29) is 5.91 Å². The monoisotopic (exact) mass is 314 g/mol. The lowest BCUT2D eigenvalue weighted by Crippen LogP contribution is -2.13. The number of hydrogen-bond acceptors (Lipinski definition) is 3. The zero-order chi connectivity index (χ0) is 15.9. The number of amides is 1. The minimum absolute atomic E-state index is 0.0103. The van der Waals surface area contributed by atoms with Crippen molar-refractivity contribution >= 4 is 22.9 Å². The standard InChI is InChI=1S/C18H22N2OS/c1-10-5-6-15-14(7-10)9-16(22-15)18(21)20-17-11(2)8-12(3)19-13(17)4/h8-10H,5-7H2,1-4H3,(H,20,21). The number of rotatable bonds is 2. The van der Waals surface area contributed by atoms with Crippen molar-refractivity contribution in [2.24, 2.45) is 5.92 Å². The summed E-state index contributed by atoms with van der Waals surface area (Å²) in [5.41, 5.74) is 5.13. The molecule has 116 valence electrons. The van der Waals surface area contributed by atoms with Gasteiger partial charge in [-0.3, -0.25) is 9.78 Å². The third kappa shape index (κ3) is 2.93. The van der Waals surface area contributed by atoms with Crippen molar-refractivity contribution in [1.29, 1.82) is 0 Å². The maximum absolute atomic E-state index is 12.6. The van der Waals surface area contributed by atoms with E-state index in [1.807, 2.05) is 26.8 Å². The molecule has 0 saturated heterocycles. The molecule has 0 radical (unpaired) electrons. The summed E-state index contributed by atoms with van der Waals surface area (Å²) in [6, 6.07) is 4.08. The van der Waals surface area contributed by atoms with Crippen LogP contribution < -0.4 is 5.32 Å². The summed E-state index contributed by atoms with van der Waals surface area (Å²) < 4.78 is 0. The van der Waals surface area contributed by atoms with Gasteiger partial charge in [-0.25, -0.2) is 0 Å². The molecule has 1 amide bonds. The number of carbonyl (C=O) groups is 1. The van der Waals surface area contributed by atoms with Gasteiger partial charge in [-0.05, 0) is 69.2 Å². The molecule has 0 spiro atoms. The van der Waals surface area contributed by atoms with Crippen LogP contribution in [0.15, 0.2) is 12.1 Å². The zero-order valence-corrected chi connectivity index (χ0v) is 14.4. The van der Waals surface area contributed by atoms with Crippen LogP contribution in [-0.2, 0) is 12.8 Å². The van der Waals surface area contributed by atoms with E-state index in [1.165, 1.54) is 16.9 Å². The molecule has 3 nitrogen and oxygen atoms in total. The summed E-state index contributed by atoms with van der Waals surface area (Å²) in [7, 11) is 0. The third-order valence-corrected chi connectivity index (χ3v) is 5.55. The summed E-state index contributed by atoms with van der Waals surface area (Å²) in [4.78, 5) is 19.2. The predicted molar refractivity (Wildman–Crippen MR) is 91.9 cm³/mol. The Labute approximate surface area is 135 Å². The molecule has 1 atom stereocenters. The lowest BCUT2D eigenvalue weighted by atomic mass is 9.90. The van der Waals surface area contributed by atoms with E-state index in [0.29, 0.717) is 0 Å². The van der Waals surface area contributed by atoms with Gasteiger partial charge in [-0.1, -0.05) is 6.92 Å². The van der Waals surface area contributed by atoms with Crippen LogP contribution in [0.3, 0.4) is 0 Å². The molecular weight excluding hydrogens is 292 g/mol. The molecular formula is C18H22N2OS. The van der Waals surface area contributed by atoms with Gasteiger partial charge in [0.25, 0.3) is 5.91 Å². The highest BCUT2D eigenvalue weighted by Gasteiger charge is 2.21. The molecule has 2 aromatic heterocycles. The van der Waals surface area contributed by atoms with Crippen molar-refractivity contribution in [2.45, 2.75) is 47.0 Å². The lowest BCUT2D eigenvalue weighted by Gasteiger charge is -2.16. The van der Waals surface area contributed by atoms with Gasteiger partial charge in [0.2, 0.25) is 0 Å². The van der Waals surface area contributed by atoms with Crippen molar-refractivity contribution < 1.29 is 4.79 Å². The van der Waals surface area contributed by atoms with Gasteiger partial charge in [0.15, 0.2) is 0 Å². The van der Waals surface area contributed by atoms with Gasteiger partial charge < -0.3 is 5.32 Å². The van der Waals surface area contributed by atoms with Crippen LogP contribution in [0.25, 0.3) is 0 Å². The molecule has 1 aliphatic carbocycles. The van der Waals surface area contributed by atoms with Crippen LogP contribution in [0, 0.1) is 26.7 Å². The minimum atomic E-state index is -0.0103. The topological polar surface area (TPSA) is 42.0 Å². The number of nitrogens with one attached hydrogen (secondary N) is 1. The molecule has 0 bridgehead atoms. The fourth-order valence-corrected chi connectivity index (χ4v) is 4.31. The summed E-state index contributed by atoms with van der Waals surface area (Å²) in [6.45, 7) is 8.21. The largest absolute Gasteiger partial charge is 0.319 e. The number of anilines is 1. The fraction of sp³-hybridized carbons (Fsp3) is 0.444. The summed E-state index contributed by atoms with van der Waals surface area (Å²) in [5, 5.41) is 3.05. The van der Waals surface area contributed by atoms with Crippen LogP contribution in [0.2, 0.25) is 0 Å². The molecule has 2 aromatic rings. The van der Waals surface area contributed by atoms with E-state index in [0.717, 1.165) is 46.3 Å². The normalized spacial score (nSPS) is 17.2. The van der Waals surface area contributed by atoms with Gasteiger partial charge in [0, 0.05) is 10.6 Å². The fourth-order valence-electron chi connectivity index (χ4n) is 3.21. The predicted octanol–water partition coefficient (Wildman–Crippen LogP) is 4.45. The highest BCUT2D eigenvalue weighted by Crippen LogP contribution is 2.32. The van der Waals surface area contributed by atoms with E-state index in [1.54, 1.807) is 11.3 Å². The second-order valence-electron chi connectivity index (χ2n) is 6.40.